The van der Waals surface area contributed by atoms with E-state index >= 15 is 0 Å². The zero-order chi connectivity index (χ0) is 31.0. The Labute approximate surface area is 241 Å². The van der Waals surface area contributed by atoms with Crippen molar-refractivity contribution in [3.63, 3.8) is 0 Å². The highest BCUT2D eigenvalue weighted by atomic mass is 16.8. The van der Waals surface area contributed by atoms with E-state index in [1.54, 1.807) is 0 Å². The van der Waals surface area contributed by atoms with Crippen molar-refractivity contribution in [3.05, 3.63) is 0 Å². The topological polar surface area (TPSA) is 353 Å². The maximum atomic E-state index is 11.1. The average molecular weight is 615 g/mol. The minimum atomic E-state index is -1.60. The Morgan fingerprint density at radius 1 is 0.524 bits per heavy atom. The zero-order valence-corrected chi connectivity index (χ0v) is 22.8. The molecule has 0 radical (unpaired) electrons. The molecule has 42 heavy (non-hydrogen) atoms. The molecule has 4 fully saturated rings. The van der Waals surface area contributed by atoms with Crippen molar-refractivity contribution in [3.8, 4) is 0 Å². The van der Waals surface area contributed by atoms with Crippen LogP contribution in [0.4, 0.5) is 0 Å². The number of hydrogen-bond donors (Lipinski definition) is 13. The number of aliphatic hydroxyl groups is 7. The monoisotopic (exact) mass is 614 g/mol. The van der Waals surface area contributed by atoms with Crippen molar-refractivity contribution in [2.75, 3.05) is 19.7 Å². The first-order chi connectivity index (χ1) is 19.8. The van der Waals surface area contributed by atoms with Crippen LogP contribution in [0.25, 0.3) is 0 Å². The van der Waals surface area contributed by atoms with E-state index in [2.05, 4.69) is 0 Å². The van der Waals surface area contributed by atoms with Crippen LogP contribution in [0.3, 0.4) is 0 Å². The third kappa shape index (κ3) is 6.60. The Hall–Kier alpha value is -0.760. The van der Waals surface area contributed by atoms with Gasteiger partial charge in [-0.2, -0.15) is 0 Å². The molecule has 3 aliphatic heterocycles. The largest absolute Gasteiger partial charge is 0.394 e. The lowest BCUT2D eigenvalue weighted by atomic mass is 9.84. The van der Waals surface area contributed by atoms with Crippen LogP contribution in [0.15, 0.2) is 0 Å². The van der Waals surface area contributed by atoms with Crippen molar-refractivity contribution in [2.24, 2.45) is 34.4 Å². The van der Waals surface area contributed by atoms with Crippen LogP contribution in [0.1, 0.15) is 6.42 Å². The molecule has 0 aromatic rings. The summed E-state index contributed by atoms with van der Waals surface area (Å²) in [6.45, 7) is -0.967. The second-order valence-corrected chi connectivity index (χ2v) is 11.2. The molecule has 19 heteroatoms. The van der Waals surface area contributed by atoms with E-state index in [1.807, 2.05) is 0 Å². The van der Waals surface area contributed by atoms with Crippen LogP contribution in [-0.2, 0) is 28.4 Å². The lowest BCUT2D eigenvalue weighted by Gasteiger charge is -2.47. The van der Waals surface area contributed by atoms with Crippen LogP contribution >= 0.6 is 0 Å². The van der Waals surface area contributed by atoms with Crippen molar-refractivity contribution in [2.45, 2.75) is 123 Å². The van der Waals surface area contributed by atoms with Crippen molar-refractivity contribution >= 4 is 0 Å². The van der Waals surface area contributed by atoms with E-state index < -0.39 is 123 Å². The second-order valence-electron chi connectivity index (χ2n) is 11.2. The summed E-state index contributed by atoms with van der Waals surface area (Å²) < 4.78 is 34.6. The molecule has 1 saturated carbocycles. The Kier molecular flexibility index (Phi) is 11.5. The molecule has 0 bridgehead atoms. The van der Waals surface area contributed by atoms with Gasteiger partial charge in [0.15, 0.2) is 18.9 Å². The van der Waals surface area contributed by atoms with Crippen LogP contribution < -0.4 is 34.4 Å². The second kappa shape index (κ2) is 14.1. The average Bonchev–Trinajstić information content (AvgIpc) is 3.27. The van der Waals surface area contributed by atoms with Crippen molar-refractivity contribution in [1.82, 2.24) is 0 Å². The lowest BCUT2D eigenvalue weighted by molar-refractivity contribution is -0.306. The normalized spacial score (nSPS) is 53.8. The van der Waals surface area contributed by atoms with E-state index in [-0.39, 0.29) is 19.5 Å². The Bertz CT molecular complexity index is 868. The number of ether oxygens (including phenoxy) is 6. The van der Waals surface area contributed by atoms with E-state index in [9.17, 15) is 35.7 Å². The number of nitrogens with two attached hydrogens (primary N) is 6. The summed E-state index contributed by atoms with van der Waals surface area (Å²) in [4.78, 5) is 0. The predicted octanol–water partition coefficient (Wildman–Crippen LogP) is -8.90. The minimum absolute atomic E-state index is 0.0889. The first-order valence-corrected chi connectivity index (χ1v) is 13.9. The number of hydrogen-bond acceptors (Lipinski definition) is 19. The molecule has 19 atom stereocenters. The van der Waals surface area contributed by atoms with Gasteiger partial charge in [0.2, 0.25) is 0 Å². The molecular weight excluding hydrogens is 568 g/mol. The molecule has 0 unspecified atom stereocenters. The van der Waals surface area contributed by atoms with Gasteiger partial charge in [-0.1, -0.05) is 0 Å². The summed E-state index contributed by atoms with van der Waals surface area (Å²) >= 11 is 0. The molecule has 0 spiro atoms. The summed E-state index contributed by atoms with van der Waals surface area (Å²) in [5, 5.41) is 73.0. The van der Waals surface area contributed by atoms with E-state index in [1.165, 1.54) is 0 Å². The van der Waals surface area contributed by atoms with E-state index in [4.69, 9.17) is 62.8 Å². The quantitative estimate of drug-likeness (QED) is 0.115. The van der Waals surface area contributed by atoms with Gasteiger partial charge in [-0.05, 0) is 6.42 Å². The van der Waals surface area contributed by atoms with Gasteiger partial charge in [0.25, 0.3) is 0 Å². The molecule has 4 aliphatic rings. The molecule has 3 heterocycles. The summed E-state index contributed by atoms with van der Waals surface area (Å²) in [6.07, 6.45) is -19.8. The molecule has 4 rings (SSSR count). The van der Waals surface area contributed by atoms with Gasteiger partial charge in [-0.3, -0.25) is 0 Å². The molecular formula is C23H46N6O13. The number of aliphatic hydroxyl groups excluding tert-OH is 7. The fourth-order valence-corrected chi connectivity index (χ4v) is 5.74. The first kappa shape index (κ1) is 34.1. The SMILES string of the molecule is NC[C@@H]1O[C@H](O[C@H]2[C@H](O[C@@H]3O[C@H](CO)[C@@H](O[C@H]4O[C@H](CN)[C@@H](O)[C@H](O)[C@@H]4N)[C@H]3O)[C@H](O)[C@H](N)C[C@H]2N)[C@@H](N)[C@@H](O)[C@@H]1O. The van der Waals surface area contributed by atoms with E-state index in [0.717, 1.165) is 0 Å². The molecule has 19 N–H and O–H groups in total. The molecule has 0 aromatic heterocycles. The summed E-state index contributed by atoms with van der Waals surface area (Å²) in [5.41, 5.74) is 35.6. The van der Waals surface area contributed by atoms with Crippen molar-refractivity contribution in [1.29, 1.82) is 0 Å². The lowest BCUT2D eigenvalue weighted by Crippen LogP contribution is -2.68. The third-order valence-electron chi connectivity index (χ3n) is 8.37. The molecule has 19 nitrogen and oxygen atoms in total. The van der Waals surface area contributed by atoms with Gasteiger partial charge in [-0.25, -0.2) is 0 Å². The van der Waals surface area contributed by atoms with Crippen LogP contribution in [-0.4, -0.2) is 172 Å². The maximum Gasteiger partial charge on any atom is 0.187 e. The van der Waals surface area contributed by atoms with Gasteiger partial charge in [0.1, 0.15) is 67.1 Å². The summed E-state index contributed by atoms with van der Waals surface area (Å²) in [5.74, 6) is 0. The minimum Gasteiger partial charge on any atom is -0.394 e. The smallest absolute Gasteiger partial charge is 0.187 e. The first-order valence-electron chi connectivity index (χ1n) is 13.9. The van der Waals surface area contributed by atoms with Gasteiger partial charge in [0.05, 0.1) is 24.8 Å². The van der Waals surface area contributed by atoms with Crippen LogP contribution in [0.2, 0.25) is 0 Å². The van der Waals surface area contributed by atoms with Crippen molar-refractivity contribution < 1.29 is 64.2 Å². The summed E-state index contributed by atoms with van der Waals surface area (Å²) in [7, 11) is 0. The molecule has 3 saturated heterocycles. The molecule has 1 aliphatic carbocycles. The highest BCUT2D eigenvalue weighted by molar-refractivity contribution is 5.02. The Morgan fingerprint density at radius 3 is 1.45 bits per heavy atom. The predicted molar refractivity (Wildman–Crippen MR) is 138 cm³/mol. The fraction of sp³-hybridized carbons (Fsp3) is 1.00. The highest BCUT2D eigenvalue weighted by Crippen LogP contribution is 2.34. The summed E-state index contributed by atoms with van der Waals surface area (Å²) in [6, 6.07) is -4.18. The Morgan fingerprint density at radius 2 is 0.976 bits per heavy atom. The number of rotatable bonds is 9. The maximum absolute atomic E-state index is 11.1. The standard InChI is InChI=1S/C23H46N6O13/c24-2-7-13(32)15(34)10(28)21(37-7)40-18-6(27)1-5(26)12(31)20(18)42-23-17(36)19(9(4-30)39-23)41-22-11(29)16(35)14(33)8(3-25)38-22/h5-23,30-36H,1-4,24-29H2/t5-,6-,7+,8-,9-,10+,11+,12-,13-,14-,15-,16-,17-,18-,19-,20-,21-,22-,23+/m1/s1. The van der Waals surface area contributed by atoms with Gasteiger partial charge in [-0.15, -0.1) is 0 Å². The van der Waals surface area contributed by atoms with E-state index in [0.29, 0.717) is 0 Å². The molecule has 246 valence electrons. The highest BCUT2D eigenvalue weighted by Gasteiger charge is 2.54. The van der Waals surface area contributed by atoms with Crippen LogP contribution in [0, 0.1) is 0 Å². The zero-order valence-electron chi connectivity index (χ0n) is 22.8. The van der Waals surface area contributed by atoms with Gasteiger partial charge >= 0.3 is 0 Å². The molecule has 0 aromatic carbocycles. The van der Waals surface area contributed by atoms with Crippen LogP contribution in [0.5, 0.6) is 0 Å². The van der Waals surface area contributed by atoms with Gasteiger partial charge < -0.3 is 98.6 Å². The Balaban J connectivity index is 1.50. The third-order valence-corrected chi connectivity index (χ3v) is 8.37. The fourth-order valence-electron chi connectivity index (χ4n) is 5.74. The van der Waals surface area contributed by atoms with Gasteiger partial charge in [0, 0.05) is 25.2 Å². The molecule has 0 amide bonds.